The van der Waals surface area contributed by atoms with Crippen molar-refractivity contribution in [2.45, 2.75) is 27.2 Å². The summed E-state index contributed by atoms with van der Waals surface area (Å²) in [5.41, 5.74) is 9.06. The number of hydrogen-bond donors (Lipinski definition) is 2. The smallest absolute Gasteiger partial charge is 0.168 e. The van der Waals surface area contributed by atoms with Crippen LogP contribution in [0.3, 0.4) is 0 Å². The molecule has 1 rings (SSSR count). The van der Waals surface area contributed by atoms with Gasteiger partial charge in [0.05, 0.1) is 0 Å². The second-order valence-electron chi connectivity index (χ2n) is 4.07. The molecule has 0 heterocycles. The van der Waals surface area contributed by atoms with Crippen LogP contribution in [0.5, 0.6) is 0 Å². The predicted molar refractivity (Wildman–Crippen MR) is 69.3 cm³/mol. The lowest BCUT2D eigenvalue weighted by atomic mass is 9.99. The minimum absolute atomic E-state index is 0.319. The van der Waals surface area contributed by atoms with Crippen LogP contribution in [0.2, 0.25) is 0 Å². The molecule has 0 aromatic carbocycles. The molecule has 0 aromatic rings. The Morgan fingerprint density at radius 1 is 1.53 bits per heavy atom. The van der Waals surface area contributed by atoms with Crippen LogP contribution in [-0.4, -0.2) is 5.11 Å². The zero-order valence-corrected chi connectivity index (χ0v) is 10.3. The molecule has 0 unspecified atom stereocenters. The number of nitrogens with two attached hydrogens (primary N) is 1. The number of rotatable bonds is 2. The molecule has 0 radical (unpaired) electrons. The number of nitrogens with one attached hydrogen (secondary N) is 1. The van der Waals surface area contributed by atoms with Crippen LogP contribution in [-0.2, 0) is 0 Å². The Bertz CT molecular complexity index is 349. The molecule has 0 amide bonds. The second kappa shape index (κ2) is 5.12. The highest BCUT2D eigenvalue weighted by Gasteiger charge is 2.08. The summed E-state index contributed by atoms with van der Waals surface area (Å²) in [6.07, 6.45) is 7.43. The summed E-state index contributed by atoms with van der Waals surface area (Å²) in [5, 5.41) is 3.34. The van der Waals surface area contributed by atoms with E-state index in [4.69, 9.17) is 18.0 Å². The van der Waals surface area contributed by atoms with Gasteiger partial charge in [0.2, 0.25) is 0 Å². The summed E-state index contributed by atoms with van der Waals surface area (Å²) in [6, 6.07) is 0. The van der Waals surface area contributed by atoms with E-state index in [-0.39, 0.29) is 0 Å². The van der Waals surface area contributed by atoms with E-state index in [1.165, 1.54) is 11.1 Å². The molecule has 0 aromatic heterocycles. The fourth-order valence-electron chi connectivity index (χ4n) is 1.49. The Labute approximate surface area is 96.9 Å². The van der Waals surface area contributed by atoms with Crippen molar-refractivity contribution in [2.75, 3.05) is 0 Å². The predicted octanol–water partition coefficient (Wildman–Crippen LogP) is 2.64. The van der Waals surface area contributed by atoms with E-state index >= 15 is 0 Å². The third-order valence-corrected chi connectivity index (χ3v) is 2.58. The molecule has 0 atom stereocenters. The topological polar surface area (TPSA) is 38.0 Å². The summed E-state index contributed by atoms with van der Waals surface area (Å²) in [7, 11) is 0. The zero-order chi connectivity index (χ0) is 11.4. The van der Waals surface area contributed by atoms with Gasteiger partial charge in [-0.25, -0.2) is 0 Å². The molecule has 0 fully saturated rings. The molecule has 3 heteroatoms. The number of thiocarbonyl (C=S) groups is 1. The van der Waals surface area contributed by atoms with Crippen molar-refractivity contribution >= 4 is 17.3 Å². The summed E-state index contributed by atoms with van der Waals surface area (Å²) in [4.78, 5) is 0. The first-order valence-corrected chi connectivity index (χ1v) is 5.56. The van der Waals surface area contributed by atoms with Crippen molar-refractivity contribution in [3.63, 3.8) is 0 Å². The van der Waals surface area contributed by atoms with Gasteiger partial charge in [-0.05, 0) is 43.1 Å². The van der Waals surface area contributed by atoms with Crippen LogP contribution in [0.4, 0.5) is 0 Å². The molecule has 0 aliphatic heterocycles. The number of allylic oxidation sites excluding steroid dienone is 5. The van der Waals surface area contributed by atoms with Crippen molar-refractivity contribution in [1.82, 2.24) is 5.32 Å². The van der Waals surface area contributed by atoms with E-state index < -0.39 is 0 Å². The quantitative estimate of drug-likeness (QED) is 0.705. The van der Waals surface area contributed by atoms with Crippen LogP contribution in [0, 0.1) is 5.92 Å². The van der Waals surface area contributed by atoms with Crippen LogP contribution in [0.25, 0.3) is 0 Å². The molecule has 2 nitrogen and oxygen atoms in total. The summed E-state index contributed by atoms with van der Waals surface area (Å²) in [6.45, 7) is 6.44. The molecule has 1 aliphatic rings. The first kappa shape index (κ1) is 12.0. The molecule has 0 saturated carbocycles. The Morgan fingerprint density at radius 3 is 2.73 bits per heavy atom. The van der Waals surface area contributed by atoms with Gasteiger partial charge in [0.25, 0.3) is 0 Å². The molecule has 1 aliphatic carbocycles. The lowest BCUT2D eigenvalue weighted by Gasteiger charge is -2.11. The van der Waals surface area contributed by atoms with E-state index in [2.05, 4.69) is 44.3 Å². The fourth-order valence-corrected chi connectivity index (χ4v) is 1.60. The number of hydrogen-bond acceptors (Lipinski definition) is 1. The molecular weight excluding hydrogens is 204 g/mol. The van der Waals surface area contributed by atoms with Crippen molar-refractivity contribution < 1.29 is 0 Å². The first-order chi connectivity index (χ1) is 7.00. The molecule has 3 N–H and O–H groups in total. The van der Waals surface area contributed by atoms with Crippen molar-refractivity contribution in [3.05, 3.63) is 35.1 Å². The Morgan fingerprint density at radius 2 is 2.20 bits per heavy atom. The van der Waals surface area contributed by atoms with Gasteiger partial charge >= 0.3 is 0 Å². The zero-order valence-electron chi connectivity index (χ0n) is 9.50. The molecule has 82 valence electrons. The van der Waals surface area contributed by atoms with E-state index in [9.17, 15) is 0 Å². The molecular formula is C12H18N2S. The third-order valence-electron chi connectivity index (χ3n) is 2.48. The van der Waals surface area contributed by atoms with Crippen LogP contribution >= 0.6 is 12.2 Å². The van der Waals surface area contributed by atoms with Gasteiger partial charge in [0.15, 0.2) is 5.11 Å². The first-order valence-electron chi connectivity index (χ1n) is 5.15. The average Bonchev–Trinajstić information content (AvgIpc) is 2.28. The monoisotopic (exact) mass is 222 g/mol. The molecule has 0 spiro atoms. The van der Waals surface area contributed by atoms with Gasteiger partial charge in [-0.1, -0.05) is 31.6 Å². The Hall–Kier alpha value is -1.09. The van der Waals surface area contributed by atoms with E-state index in [1.54, 1.807) is 0 Å². The summed E-state index contributed by atoms with van der Waals surface area (Å²) in [5.74, 6) is 0.545. The van der Waals surface area contributed by atoms with E-state index in [1.807, 2.05) is 0 Å². The maximum absolute atomic E-state index is 5.49. The SMILES string of the molecule is CC1=C(NC(N)=S)C=C(C(C)C)CC=C1. The summed E-state index contributed by atoms with van der Waals surface area (Å²) >= 11 is 4.86. The minimum Gasteiger partial charge on any atom is -0.376 e. The largest absolute Gasteiger partial charge is 0.376 e. The van der Waals surface area contributed by atoms with Crippen molar-refractivity contribution in [3.8, 4) is 0 Å². The highest BCUT2D eigenvalue weighted by atomic mass is 32.1. The van der Waals surface area contributed by atoms with Crippen LogP contribution in [0.15, 0.2) is 35.1 Å². The lowest BCUT2D eigenvalue weighted by molar-refractivity contribution is 0.746. The van der Waals surface area contributed by atoms with Crippen LogP contribution in [0.1, 0.15) is 27.2 Å². The average molecular weight is 222 g/mol. The third kappa shape index (κ3) is 3.51. The lowest BCUT2D eigenvalue weighted by Crippen LogP contribution is -2.28. The van der Waals surface area contributed by atoms with Gasteiger partial charge in [0.1, 0.15) is 0 Å². The van der Waals surface area contributed by atoms with E-state index in [0.717, 1.165) is 12.1 Å². The molecule has 0 bridgehead atoms. The standard InChI is InChI=1S/C12H18N2S/c1-8(2)10-6-4-5-9(3)11(7-10)14-12(13)15/h4-5,7-8H,6H2,1-3H3,(H3,13,14,15). The van der Waals surface area contributed by atoms with Crippen molar-refractivity contribution in [1.29, 1.82) is 0 Å². The van der Waals surface area contributed by atoms with Gasteiger partial charge in [-0.15, -0.1) is 0 Å². The Kier molecular flexibility index (Phi) is 4.09. The highest BCUT2D eigenvalue weighted by Crippen LogP contribution is 2.21. The minimum atomic E-state index is 0.319. The van der Waals surface area contributed by atoms with Gasteiger partial charge < -0.3 is 11.1 Å². The molecule has 0 saturated heterocycles. The maximum Gasteiger partial charge on any atom is 0.168 e. The maximum atomic E-state index is 5.49. The normalized spacial score (nSPS) is 16.4. The highest BCUT2D eigenvalue weighted by molar-refractivity contribution is 7.80. The van der Waals surface area contributed by atoms with Gasteiger partial charge in [0, 0.05) is 5.70 Å². The van der Waals surface area contributed by atoms with Crippen molar-refractivity contribution in [2.24, 2.45) is 11.7 Å². The Balaban J connectivity index is 3.00. The van der Waals surface area contributed by atoms with Crippen LogP contribution < -0.4 is 11.1 Å². The van der Waals surface area contributed by atoms with Gasteiger partial charge in [-0.3, -0.25) is 0 Å². The van der Waals surface area contributed by atoms with Gasteiger partial charge in [-0.2, -0.15) is 0 Å². The fraction of sp³-hybridized carbons (Fsp3) is 0.417. The van der Waals surface area contributed by atoms with E-state index in [0.29, 0.717) is 11.0 Å². The summed E-state index contributed by atoms with van der Waals surface area (Å²) < 4.78 is 0. The second-order valence-corrected chi connectivity index (χ2v) is 4.51. The molecule has 15 heavy (non-hydrogen) atoms.